The van der Waals surface area contributed by atoms with Crippen molar-refractivity contribution in [2.24, 2.45) is 0 Å². The number of benzene rings is 1. The lowest BCUT2D eigenvalue weighted by Crippen LogP contribution is -2.34. The van der Waals surface area contributed by atoms with Crippen LogP contribution in [0, 0.1) is 0 Å². The number of carbonyl (C=O) groups is 1. The Kier molecular flexibility index (Phi) is 4.41. The number of carbonyl (C=O) groups excluding carboxylic acids is 1. The summed E-state index contributed by atoms with van der Waals surface area (Å²) in [7, 11) is -3.55. The van der Waals surface area contributed by atoms with Crippen LogP contribution in [0.4, 0.5) is 5.69 Å². The highest BCUT2D eigenvalue weighted by Crippen LogP contribution is 2.26. The molecular formula is C10H11Cl2NO3S. The molecule has 0 unspecified atom stereocenters. The normalized spacial score (nSPS) is 11.3. The molecule has 1 aromatic carbocycles. The SMILES string of the molecule is CC(=O)CN(c1cc(Cl)cc(Cl)c1)S(C)(=O)=O. The van der Waals surface area contributed by atoms with Crippen molar-refractivity contribution in [1.29, 1.82) is 0 Å². The third kappa shape index (κ3) is 4.18. The second-order valence-electron chi connectivity index (χ2n) is 3.60. The molecule has 0 spiro atoms. The van der Waals surface area contributed by atoms with Gasteiger partial charge in [-0.15, -0.1) is 0 Å². The van der Waals surface area contributed by atoms with E-state index in [-0.39, 0.29) is 18.0 Å². The van der Waals surface area contributed by atoms with E-state index in [1.807, 2.05) is 0 Å². The molecule has 0 saturated heterocycles. The minimum Gasteiger partial charge on any atom is -0.298 e. The number of Topliss-reactive ketones (excluding diaryl/α,β-unsaturated/α-hetero) is 1. The second-order valence-corrected chi connectivity index (χ2v) is 6.38. The minimum atomic E-state index is -3.55. The molecule has 0 fully saturated rings. The Balaban J connectivity index is 3.27. The fraction of sp³-hybridized carbons (Fsp3) is 0.300. The number of anilines is 1. The summed E-state index contributed by atoms with van der Waals surface area (Å²) in [5.41, 5.74) is 0.278. The van der Waals surface area contributed by atoms with Gasteiger partial charge in [0.1, 0.15) is 5.78 Å². The van der Waals surface area contributed by atoms with Crippen molar-refractivity contribution >= 4 is 44.7 Å². The summed E-state index contributed by atoms with van der Waals surface area (Å²) in [5.74, 6) is -0.272. The zero-order valence-corrected chi connectivity index (χ0v) is 11.6. The number of sulfonamides is 1. The second kappa shape index (κ2) is 5.25. The molecule has 0 amide bonds. The molecule has 0 aliphatic rings. The molecule has 0 heterocycles. The van der Waals surface area contributed by atoms with Gasteiger partial charge in [-0.2, -0.15) is 0 Å². The van der Waals surface area contributed by atoms with Gasteiger partial charge in [-0.05, 0) is 25.1 Å². The van der Waals surface area contributed by atoms with E-state index in [4.69, 9.17) is 23.2 Å². The Morgan fingerprint density at radius 2 is 1.71 bits per heavy atom. The van der Waals surface area contributed by atoms with Crippen LogP contribution < -0.4 is 4.31 Å². The van der Waals surface area contributed by atoms with Crippen LogP contribution in [0.3, 0.4) is 0 Å². The highest BCUT2D eigenvalue weighted by Gasteiger charge is 2.19. The lowest BCUT2D eigenvalue weighted by molar-refractivity contribution is -0.115. The summed E-state index contributed by atoms with van der Waals surface area (Å²) in [5, 5.41) is 0.620. The predicted molar refractivity (Wildman–Crippen MR) is 69.3 cm³/mol. The molecule has 7 heteroatoms. The maximum Gasteiger partial charge on any atom is 0.232 e. The van der Waals surface area contributed by atoms with Crippen molar-refractivity contribution < 1.29 is 13.2 Å². The maximum absolute atomic E-state index is 11.6. The average Bonchev–Trinajstić information content (AvgIpc) is 2.10. The van der Waals surface area contributed by atoms with E-state index < -0.39 is 10.0 Å². The van der Waals surface area contributed by atoms with Gasteiger partial charge in [0, 0.05) is 10.0 Å². The quantitative estimate of drug-likeness (QED) is 0.857. The standard InChI is InChI=1S/C10H11Cl2NO3S/c1-7(14)6-13(17(2,15)16)10-4-8(11)3-9(12)5-10/h3-5H,6H2,1-2H3. The molecule has 4 nitrogen and oxygen atoms in total. The van der Waals surface area contributed by atoms with Crippen LogP contribution in [-0.4, -0.2) is 27.0 Å². The fourth-order valence-electron chi connectivity index (χ4n) is 1.29. The summed E-state index contributed by atoms with van der Waals surface area (Å²) in [4.78, 5) is 11.1. The summed E-state index contributed by atoms with van der Waals surface area (Å²) >= 11 is 11.6. The third-order valence-electron chi connectivity index (χ3n) is 1.90. The summed E-state index contributed by atoms with van der Waals surface area (Å²) < 4.78 is 24.1. The molecular weight excluding hydrogens is 285 g/mol. The van der Waals surface area contributed by atoms with Crippen molar-refractivity contribution in [3.8, 4) is 0 Å². The van der Waals surface area contributed by atoms with Gasteiger partial charge in [0.05, 0.1) is 18.5 Å². The molecule has 94 valence electrons. The fourth-order valence-corrected chi connectivity index (χ4v) is 2.70. The zero-order valence-electron chi connectivity index (χ0n) is 9.28. The maximum atomic E-state index is 11.6. The lowest BCUT2D eigenvalue weighted by Gasteiger charge is -2.21. The Labute approximate surface area is 110 Å². The highest BCUT2D eigenvalue weighted by atomic mass is 35.5. The highest BCUT2D eigenvalue weighted by molar-refractivity contribution is 7.92. The molecule has 1 rings (SSSR count). The smallest absolute Gasteiger partial charge is 0.232 e. The Morgan fingerprint density at radius 1 is 1.24 bits per heavy atom. The van der Waals surface area contributed by atoms with Crippen LogP contribution in [0.25, 0.3) is 0 Å². The molecule has 0 bridgehead atoms. The van der Waals surface area contributed by atoms with E-state index >= 15 is 0 Å². The summed E-state index contributed by atoms with van der Waals surface area (Å²) in [6.45, 7) is 1.07. The van der Waals surface area contributed by atoms with Gasteiger partial charge >= 0.3 is 0 Å². The summed E-state index contributed by atoms with van der Waals surface area (Å²) in [6, 6.07) is 4.37. The molecule has 17 heavy (non-hydrogen) atoms. The minimum absolute atomic E-state index is 0.241. The van der Waals surface area contributed by atoms with Crippen LogP contribution in [0.2, 0.25) is 10.0 Å². The molecule has 0 saturated carbocycles. The van der Waals surface area contributed by atoms with Crippen molar-refractivity contribution in [2.45, 2.75) is 6.92 Å². The van der Waals surface area contributed by atoms with Crippen LogP contribution in [0.5, 0.6) is 0 Å². The van der Waals surface area contributed by atoms with Crippen LogP contribution in [-0.2, 0) is 14.8 Å². The number of rotatable bonds is 4. The van der Waals surface area contributed by atoms with E-state index in [1.54, 1.807) is 0 Å². The first-order valence-electron chi connectivity index (χ1n) is 4.63. The van der Waals surface area contributed by atoms with E-state index in [1.165, 1.54) is 25.1 Å². The number of nitrogens with zero attached hydrogens (tertiary/aromatic N) is 1. The van der Waals surface area contributed by atoms with Gasteiger partial charge in [-0.1, -0.05) is 23.2 Å². The van der Waals surface area contributed by atoms with Crippen molar-refractivity contribution in [2.75, 3.05) is 17.1 Å². The number of ketones is 1. The number of hydrogen-bond acceptors (Lipinski definition) is 3. The molecule has 0 aliphatic heterocycles. The third-order valence-corrected chi connectivity index (χ3v) is 3.48. The Morgan fingerprint density at radius 3 is 2.06 bits per heavy atom. The molecule has 0 N–H and O–H groups in total. The van der Waals surface area contributed by atoms with Crippen LogP contribution >= 0.6 is 23.2 Å². The van der Waals surface area contributed by atoms with Crippen LogP contribution in [0.1, 0.15) is 6.92 Å². The number of hydrogen-bond donors (Lipinski definition) is 0. The van der Waals surface area contributed by atoms with Crippen molar-refractivity contribution in [1.82, 2.24) is 0 Å². The Bertz CT molecular complexity index is 522. The molecule has 0 radical (unpaired) electrons. The molecule has 0 aromatic heterocycles. The zero-order chi connectivity index (χ0) is 13.2. The molecule has 0 atom stereocenters. The first-order valence-corrected chi connectivity index (χ1v) is 7.24. The molecule has 0 aliphatic carbocycles. The van der Waals surface area contributed by atoms with Gasteiger partial charge < -0.3 is 0 Å². The first kappa shape index (κ1) is 14.3. The van der Waals surface area contributed by atoms with E-state index in [0.29, 0.717) is 10.0 Å². The topological polar surface area (TPSA) is 54.5 Å². The Hall–Kier alpha value is -0.780. The number of halogens is 2. The van der Waals surface area contributed by atoms with Gasteiger partial charge in [0.25, 0.3) is 0 Å². The summed E-state index contributed by atoms with van der Waals surface area (Å²) in [6.07, 6.45) is 1.02. The van der Waals surface area contributed by atoms with E-state index in [2.05, 4.69) is 0 Å². The van der Waals surface area contributed by atoms with E-state index in [0.717, 1.165) is 10.6 Å². The van der Waals surface area contributed by atoms with Gasteiger partial charge in [-0.3, -0.25) is 9.10 Å². The largest absolute Gasteiger partial charge is 0.298 e. The predicted octanol–water partition coefficient (Wildman–Crippen LogP) is 2.35. The average molecular weight is 296 g/mol. The van der Waals surface area contributed by atoms with Gasteiger partial charge in [0.2, 0.25) is 10.0 Å². The van der Waals surface area contributed by atoms with Gasteiger partial charge in [0.15, 0.2) is 0 Å². The monoisotopic (exact) mass is 295 g/mol. The van der Waals surface area contributed by atoms with Crippen molar-refractivity contribution in [3.63, 3.8) is 0 Å². The lowest BCUT2D eigenvalue weighted by atomic mass is 10.3. The van der Waals surface area contributed by atoms with E-state index in [9.17, 15) is 13.2 Å². The van der Waals surface area contributed by atoms with Gasteiger partial charge in [-0.25, -0.2) is 8.42 Å². The van der Waals surface area contributed by atoms with Crippen LogP contribution in [0.15, 0.2) is 18.2 Å². The van der Waals surface area contributed by atoms with Crippen molar-refractivity contribution in [3.05, 3.63) is 28.2 Å². The first-order chi connectivity index (χ1) is 7.70. The molecule has 1 aromatic rings.